The van der Waals surface area contributed by atoms with Gasteiger partial charge in [-0.25, -0.2) is 0 Å². The number of nitrogens with zero attached hydrogens (tertiary/aromatic N) is 1. The summed E-state index contributed by atoms with van der Waals surface area (Å²) in [5, 5.41) is 2.94. The summed E-state index contributed by atoms with van der Waals surface area (Å²) < 4.78 is 11.5. The lowest BCUT2D eigenvalue weighted by Crippen LogP contribution is -2.48. The van der Waals surface area contributed by atoms with Crippen molar-refractivity contribution in [2.24, 2.45) is 0 Å². The largest absolute Gasteiger partial charge is 0.489 e. The zero-order valence-electron chi connectivity index (χ0n) is 15.4. The fraction of sp³-hybridized carbons (Fsp3) is 0.381. The molecule has 2 aromatic carbocycles. The number of amides is 1. The normalized spacial score (nSPS) is 20.5. The molecule has 0 radical (unpaired) electrons. The number of carbonyl (C=O) groups excluding carboxylic acids is 1. The molecule has 0 saturated carbocycles. The van der Waals surface area contributed by atoms with Crippen molar-refractivity contribution in [3.63, 3.8) is 0 Å². The Balaban J connectivity index is 1.47. The van der Waals surface area contributed by atoms with Crippen molar-refractivity contribution in [1.29, 1.82) is 0 Å². The van der Waals surface area contributed by atoms with E-state index in [1.807, 2.05) is 68.4 Å². The lowest BCUT2D eigenvalue weighted by atomic mass is 10.2. The topological polar surface area (TPSA) is 50.8 Å². The standard InChI is InChI=1S/C21H26N2O3/c1-16-12-23(13-17(2)26-16)14-21(24)22-19-8-10-20(11-9-19)25-15-18-6-4-3-5-7-18/h3-11,16-17H,12-15H2,1-2H3,(H,22,24). The molecule has 0 aliphatic carbocycles. The Morgan fingerprint density at radius 3 is 2.38 bits per heavy atom. The van der Waals surface area contributed by atoms with Crippen LogP contribution < -0.4 is 10.1 Å². The summed E-state index contributed by atoms with van der Waals surface area (Å²) in [7, 11) is 0. The van der Waals surface area contributed by atoms with E-state index in [0.717, 1.165) is 30.1 Å². The van der Waals surface area contributed by atoms with E-state index in [1.165, 1.54) is 0 Å². The maximum atomic E-state index is 12.3. The summed E-state index contributed by atoms with van der Waals surface area (Å²) in [6.07, 6.45) is 0.320. The maximum Gasteiger partial charge on any atom is 0.238 e. The smallest absolute Gasteiger partial charge is 0.238 e. The van der Waals surface area contributed by atoms with Crippen LogP contribution in [0.15, 0.2) is 54.6 Å². The molecular formula is C21H26N2O3. The zero-order chi connectivity index (χ0) is 18.4. The Morgan fingerprint density at radius 1 is 1.08 bits per heavy atom. The minimum absolute atomic E-state index is 0.00995. The lowest BCUT2D eigenvalue weighted by molar-refractivity contribution is -0.121. The predicted octanol–water partition coefficient (Wildman–Crippen LogP) is 3.31. The first-order valence-corrected chi connectivity index (χ1v) is 9.03. The van der Waals surface area contributed by atoms with Gasteiger partial charge in [-0.2, -0.15) is 0 Å². The van der Waals surface area contributed by atoms with Crippen LogP contribution in [0.3, 0.4) is 0 Å². The van der Waals surface area contributed by atoms with Gasteiger partial charge in [0.05, 0.1) is 18.8 Å². The van der Waals surface area contributed by atoms with Crippen LogP contribution in [0.2, 0.25) is 0 Å². The van der Waals surface area contributed by atoms with Crippen LogP contribution in [0, 0.1) is 0 Å². The van der Waals surface area contributed by atoms with Crippen molar-refractivity contribution >= 4 is 11.6 Å². The van der Waals surface area contributed by atoms with Gasteiger partial charge in [-0.15, -0.1) is 0 Å². The fourth-order valence-corrected chi connectivity index (χ4v) is 3.19. The molecule has 2 atom stereocenters. The fourth-order valence-electron chi connectivity index (χ4n) is 3.19. The van der Waals surface area contributed by atoms with Crippen molar-refractivity contribution < 1.29 is 14.3 Å². The van der Waals surface area contributed by atoms with Gasteiger partial charge in [0.1, 0.15) is 12.4 Å². The predicted molar refractivity (Wildman–Crippen MR) is 102 cm³/mol. The molecule has 0 spiro atoms. The van der Waals surface area contributed by atoms with E-state index in [4.69, 9.17) is 9.47 Å². The van der Waals surface area contributed by atoms with E-state index >= 15 is 0 Å². The number of ether oxygens (including phenoxy) is 2. The van der Waals surface area contributed by atoms with Gasteiger partial charge < -0.3 is 14.8 Å². The SMILES string of the molecule is CC1CN(CC(=O)Nc2ccc(OCc3ccccc3)cc2)CC(C)O1. The van der Waals surface area contributed by atoms with Crippen LogP contribution in [0.4, 0.5) is 5.69 Å². The quantitative estimate of drug-likeness (QED) is 0.865. The number of anilines is 1. The average molecular weight is 354 g/mol. The molecule has 26 heavy (non-hydrogen) atoms. The van der Waals surface area contributed by atoms with Crippen molar-refractivity contribution in [3.05, 3.63) is 60.2 Å². The third-order valence-corrected chi connectivity index (χ3v) is 4.25. The number of morpholine rings is 1. The maximum absolute atomic E-state index is 12.3. The summed E-state index contributed by atoms with van der Waals surface area (Å²) >= 11 is 0. The monoisotopic (exact) mass is 354 g/mol. The third-order valence-electron chi connectivity index (χ3n) is 4.25. The van der Waals surface area contributed by atoms with Crippen LogP contribution in [-0.2, 0) is 16.1 Å². The highest BCUT2D eigenvalue weighted by Gasteiger charge is 2.23. The van der Waals surface area contributed by atoms with Gasteiger partial charge in [0.15, 0.2) is 0 Å². The van der Waals surface area contributed by atoms with Gasteiger partial charge in [-0.1, -0.05) is 30.3 Å². The van der Waals surface area contributed by atoms with Crippen molar-refractivity contribution in [1.82, 2.24) is 4.90 Å². The van der Waals surface area contributed by atoms with Crippen LogP contribution >= 0.6 is 0 Å². The highest BCUT2D eigenvalue weighted by atomic mass is 16.5. The molecule has 1 saturated heterocycles. The van der Waals surface area contributed by atoms with E-state index in [1.54, 1.807) is 0 Å². The van der Waals surface area contributed by atoms with Gasteiger partial charge in [-0.05, 0) is 43.7 Å². The molecule has 1 aliphatic rings. The Kier molecular flexibility index (Phi) is 6.26. The number of hydrogen-bond donors (Lipinski definition) is 1. The Labute approximate surface area is 154 Å². The van der Waals surface area contributed by atoms with Gasteiger partial charge in [-0.3, -0.25) is 9.69 Å². The second-order valence-electron chi connectivity index (χ2n) is 6.80. The molecule has 0 aromatic heterocycles. The van der Waals surface area contributed by atoms with Gasteiger partial charge in [0, 0.05) is 18.8 Å². The van der Waals surface area contributed by atoms with Gasteiger partial charge in [0.2, 0.25) is 5.91 Å². The number of hydrogen-bond acceptors (Lipinski definition) is 4. The van der Waals surface area contributed by atoms with Crippen LogP contribution in [-0.4, -0.2) is 42.6 Å². The van der Waals surface area contributed by atoms with E-state index in [2.05, 4.69) is 10.2 Å². The Hall–Kier alpha value is -2.37. The summed E-state index contributed by atoms with van der Waals surface area (Å²) in [5.41, 5.74) is 1.90. The summed E-state index contributed by atoms with van der Waals surface area (Å²) in [5.74, 6) is 0.770. The summed E-state index contributed by atoms with van der Waals surface area (Å²) in [4.78, 5) is 14.4. The van der Waals surface area contributed by atoms with Crippen molar-refractivity contribution in [2.75, 3.05) is 25.0 Å². The van der Waals surface area contributed by atoms with E-state index in [-0.39, 0.29) is 18.1 Å². The molecule has 3 rings (SSSR count). The molecule has 0 bridgehead atoms. The van der Waals surface area contributed by atoms with Crippen LogP contribution in [0.1, 0.15) is 19.4 Å². The molecule has 5 heteroatoms. The molecule has 1 heterocycles. The molecular weight excluding hydrogens is 328 g/mol. The van der Waals surface area contributed by atoms with Crippen molar-refractivity contribution in [3.8, 4) is 5.75 Å². The highest BCUT2D eigenvalue weighted by Crippen LogP contribution is 2.17. The van der Waals surface area contributed by atoms with Crippen LogP contribution in [0.25, 0.3) is 0 Å². The summed E-state index contributed by atoms with van der Waals surface area (Å²) in [6, 6.07) is 17.5. The van der Waals surface area contributed by atoms with Crippen LogP contribution in [0.5, 0.6) is 5.75 Å². The summed E-state index contributed by atoms with van der Waals surface area (Å²) in [6.45, 7) is 6.54. The average Bonchev–Trinajstić information content (AvgIpc) is 2.61. The second-order valence-corrected chi connectivity index (χ2v) is 6.80. The molecule has 5 nitrogen and oxygen atoms in total. The number of nitrogens with one attached hydrogen (secondary N) is 1. The minimum atomic E-state index is -0.00995. The second kappa shape index (κ2) is 8.83. The highest BCUT2D eigenvalue weighted by molar-refractivity contribution is 5.92. The van der Waals surface area contributed by atoms with Gasteiger partial charge >= 0.3 is 0 Å². The first kappa shape index (κ1) is 18.4. The Morgan fingerprint density at radius 2 is 1.73 bits per heavy atom. The minimum Gasteiger partial charge on any atom is -0.489 e. The van der Waals surface area contributed by atoms with E-state index in [9.17, 15) is 4.79 Å². The van der Waals surface area contributed by atoms with Crippen molar-refractivity contribution in [2.45, 2.75) is 32.7 Å². The molecule has 1 N–H and O–H groups in total. The first-order chi connectivity index (χ1) is 12.6. The van der Waals surface area contributed by atoms with Gasteiger partial charge in [0.25, 0.3) is 0 Å². The zero-order valence-corrected chi connectivity index (χ0v) is 15.4. The Bertz CT molecular complexity index is 693. The molecule has 1 aliphatic heterocycles. The number of carbonyl (C=O) groups is 1. The number of benzene rings is 2. The van der Waals surface area contributed by atoms with E-state index in [0.29, 0.717) is 13.2 Å². The molecule has 2 unspecified atom stereocenters. The first-order valence-electron chi connectivity index (χ1n) is 9.03. The number of rotatable bonds is 6. The molecule has 138 valence electrons. The van der Waals surface area contributed by atoms with E-state index < -0.39 is 0 Å². The molecule has 1 fully saturated rings. The lowest BCUT2D eigenvalue weighted by Gasteiger charge is -2.34. The molecule has 2 aromatic rings. The molecule has 1 amide bonds. The third kappa shape index (κ3) is 5.58.